The van der Waals surface area contributed by atoms with E-state index in [2.05, 4.69) is 18.7 Å². The third kappa shape index (κ3) is 6.60. The Kier molecular flexibility index (Phi) is 8.89. The summed E-state index contributed by atoms with van der Waals surface area (Å²) < 4.78 is 28.8. The molecule has 228 valence electrons. The van der Waals surface area contributed by atoms with Crippen LogP contribution in [0.1, 0.15) is 92.1 Å². The van der Waals surface area contributed by atoms with Gasteiger partial charge in [0.25, 0.3) is 0 Å². The van der Waals surface area contributed by atoms with Crippen molar-refractivity contribution in [1.29, 1.82) is 0 Å². The summed E-state index contributed by atoms with van der Waals surface area (Å²) in [4.78, 5) is 46.3. The first-order chi connectivity index (χ1) is 19.0. The molecule has 1 unspecified atom stereocenters. The fraction of sp³-hybridized carbons (Fsp3) is 0.719. The number of amides is 3. The quantitative estimate of drug-likeness (QED) is 0.534. The van der Waals surface area contributed by atoms with Gasteiger partial charge in [0.1, 0.15) is 17.7 Å². The molecular weight excluding hydrogens is 526 g/mol. The summed E-state index contributed by atoms with van der Waals surface area (Å²) in [5, 5.41) is 0. The summed E-state index contributed by atoms with van der Waals surface area (Å²) in [6, 6.07) is 2.38. The summed E-state index contributed by atoms with van der Waals surface area (Å²) in [6.07, 6.45) is 4.07. The second-order valence-electron chi connectivity index (χ2n) is 14.5. The highest BCUT2D eigenvalue weighted by Crippen LogP contribution is 2.42. The van der Waals surface area contributed by atoms with E-state index in [1.54, 1.807) is 4.90 Å². The molecule has 1 saturated carbocycles. The Morgan fingerprint density at radius 1 is 1.02 bits per heavy atom. The lowest BCUT2D eigenvalue weighted by atomic mass is 9.75. The van der Waals surface area contributed by atoms with Crippen LogP contribution in [0.3, 0.4) is 0 Å². The standard InChI is InChI=1S/C32H48F2N4O3/c1-19(2)29(40)38(21-10-12-32(6,7)13-11-21)22-15-27(28(35)39)37(16-22)30(41)25-18-36(31(3,4)5)17-24(25)23-9-8-20(33)14-26(23)34/h8-9,14,19,21-22,24-25,27H,10-13,15-18H2,1-7H3,(H2,35,39)/t22-,24-,25?,27-/m0/s1. The van der Waals surface area contributed by atoms with E-state index in [9.17, 15) is 18.8 Å². The molecule has 7 nitrogen and oxygen atoms in total. The van der Waals surface area contributed by atoms with Crippen molar-refractivity contribution in [3.8, 4) is 0 Å². The van der Waals surface area contributed by atoms with Crippen LogP contribution in [-0.2, 0) is 14.4 Å². The molecular formula is C32H48F2N4O3. The van der Waals surface area contributed by atoms with Gasteiger partial charge < -0.3 is 15.5 Å². The van der Waals surface area contributed by atoms with Crippen LogP contribution in [0.25, 0.3) is 0 Å². The van der Waals surface area contributed by atoms with Crippen LogP contribution in [0.4, 0.5) is 8.78 Å². The maximum Gasteiger partial charge on any atom is 0.240 e. The molecule has 0 aromatic heterocycles. The van der Waals surface area contributed by atoms with Crippen LogP contribution in [0, 0.1) is 28.9 Å². The van der Waals surface area contributed by atoms with Crippen LogP contribution < -0.4 is 5.73 Å². The molecule has 2 saturated heterocycles. The first-order valence-corrected chi connectivity index (χ1v) is 15.1. The van der Waals surface area contributed by atoms with Crippen molar-refractivity contribution in [3.63, 3.8) is 0 Å². The van der Waals surface area contributed by atoms with Gasteiger partial charge in [-0.3, -0.25) is 19.3 Å². The largest absolute Gasteiger partial charge is 0.368 e. The summed E-state index contributed by atoms with van der Waals surface area (Å²) in [7, 11) is 0. The lowest BCUT2D eigenvalue weighted by molar-refractivity contribution is -0.143. The first kappa shape index (κ1) is 31.4. The highest BCUT2D eigenvalue weighted by Gasteiger charge is 2.50. The van der Waals surface area contributed by atoms with Gasteiger partial charge in [-0.25, -0.2) is 8.78 Å². The lowest BCUT2D eigenvalue weighted by Gasteiger charge is -2.43. The maximum atomic E-state index is 15.0. The predicted octanol–water partition coefficient (Wildman–Crippen LogP) is 4.69. The fourth-order valence-electron chi connectivity index (χ4n) is 7.08. The lowest BCUT2D eigenvalue weighted by Crippen LogP contribution is -2.52. The van der Waals surface area contributed by atoms with Crippen LogP contribution in [0.5, 0.6) is 0 Å². The number of hydrogen-bond acceptors (Lipinski definition) is 4. The number of halogens is 2. The number of nitrogens with two attached hydrogens (primary N) is 1. The van der Waals surface area contributed by atoms with E-state index in [4.69, 9.17) is 5.73 Å². The predicted molar refractivity (Wildman–Crippen MR) is 155 cm³/mol. The summed E-state index contributed by atoms with van der Waals surface area (Å²) in [5.41, 5.74) is 6.11. The van der Waals surface area contributed by atoms with Crippen molar-refractivity contribution in [2.24, 2.45) is 23.0 Å². The molecule has 0 spiro atoms. The minimum Gasteiger partial charge on any atom is -0.368 e. The molecule has 2 heterocycles. The topological polar surface area (TPSA) is 87.0 Å². The van der Waals surface area contributed by atoms with E-state index in [1.165, 1.54) is 12.1 Å². The Balaban J connectivity index is 1.65. The van der Waals surface area contributed by atoms with Crippen LogP contribution >= 0.6 is 0 Å². The molecule has 0 bridgehead atoms. The van der Waals surface area contributed by atoms with E-state index in [0.29, 0.717) is 25.1 Å². The van der Waals surface area contributed by atoms with Gasteiger partial charge in [-0.2, -0.15) is 0 Å². The molecule has 2 aliphatic heterocycles. The van der Waals surface area contributed by atoms with Gasteiger partial charge in [0.2, 0.25) is 17.7 Å². The average molecular weight is 575 g/mol. The second kappa shape index (κ2) is 11.6. The normalized spacial score (nSPS) is 27.4. The Hall–Kier alpha value is -2.55. The fourth-order valence-corrected chi connectivity index (χ4v) is 7.08. The monoisotopic (exact) mass is 574 g/mol. The molecule has 4 rings (SSSR count). The minimum absolute atomic E-state index is 0.0308. The zero-order valence-corrected chi connectivity index (χ0v) is 25.8. The van der Waals surface area contributed by atoms with Gasteiger partial charge in [0, 0.05) is 49.1 Å². The highest BCUT2D eigenvalue weighted by molar-refractivity contribution is 5.89. The van der Waals surface area contributed by atoms with Gasteiger partial charge in [-0.05, 0) is 69.9 Å². The molecule has 3 amide bonds. The van der Waals surface area contributed by atoms with Gasteiger partial charge in [0.05, 0.1) is 12.0 Å². The number of rotatable bonds is 6. The Labute approximate surface area is 243 Å². The number of carbonyl (C=O) groups excluding carboxylic acids is 3. The molecule has 41 heavy (non-hydrogen) atoms. The third-order valence-electron chi connectivity index (χ3n) is 9.68. The van der Waals surface area contributed by atoms with E-state index < -0.39 is 35.4 Å². The number of primary amides is 1. The van der Waals surface area contributed by atoms with Crippen molar-refractivity contribution >= 4 is 17.7 Å². The number of benzene rings is 1. The number of carbonyl (C=O) groups is 3. The zero-order valence-electron chi connectivity index (χ0n) is 25.8. The molecule has 4 atom stereocenters. The van der Waals surface area contributed by atoms with Crippen molar-refractivity contribution in [3.05, 3.63) is 35.4 Å². The SMILES string of the molecule is CC(C)C(=O)N(C1CCC(C)(C)CC1)[C@H]1C[C@@H](C(N)=O)N(C(=O)C2CN(C(C)(C)C)C[C@H]2c2ccc(F)cc2F)C1. The van der Waals surface area contributed by atoms with Crippen molar-refractivity contribution in [1.82, 2.24) is 14.7 Å². The summed E-state index contributed by atoms with van der Waals surface area (Å²) in [6.45, 7) is 15.4. The molecule has 1 aliphatic carbocycles. The smallest absolute Gasteiger partial charge is 0.240 e. The van der Waals surface area contributed by atoms with Gasteiger partial charge >= 0.3 is 0 Å². The molecule has 3 fully saturated rings. The van der Waals surface area contributed by atoms with Gasteiger partial charge in [-0.15, -0.1) is 0 Å². The minimum atomic E-state index is -0.850. The van der Waals surface area contributed by atoms with Crippen molar-refractivity contribution in [2.45, 2.75) is 110 Å². The van der Waals surface area contributed by atoms with Gasteiger partial charge in [-0.1, -0.05) is 33.8 Å². The van der Waals surface area contributed by atoms with Crippen LogP contribution in [0.15, 0.2) is 18.2 Å². The molecule has 2 N–H and O–H groups in total. The van der Waals surface area contributed by atoms with E-state index in [0.717, 1.165) is 31.7 Å². The molecule has 3 aliphatic rings. The average Bonchev–Trinajstić information content (AvgIpc) is 3.50. The maximum absolute atomic E-state index is 15.0. The van der Waals surface area contributed by atoms with Gasteiger partial charge in [0.15, 0.2) is 0 Å². The third-order valence-corrected chi connectivity index (χ3v) is 9.68. The summed E-state index contributed by atoms with van der Waals surface area (Å²) in [5.74, 6) is -3.55. The molecule has 0 radical (unpaired) electrons. The molecule has 1 aromatic carbocycles. The highest BCUT2D eigenvalue weighted by atomic mass is 19.1. The number of hydrogen-bond donors (Lipinski definition) is 1. The number of nitrogens with zero attached hydrogens (tertiary/aromatic N) is 3. The summed E-state index contributed by atoms with van der Waals surface area (Å²) >= 11 is 0. The number of likely N-dealkylation sites (tertiary alicyclic amines) is 2. The Morgan fingerprint density at radius 2 is 1.66 bits per heavy atom. The second-order valence-corrected chi connectivity index (χ2v) is 14.5. The first-order valence-electron chi connectivity index (χ1n) is 15.1. The van der Waals surface area contributed by atoms with Crippen molar-refractivity contribution in [2.75, 3.05) is 19.6 Å². The van der Waals surface area contributed by atoms with Crippen LogP contribution in [-0.4, -0.2) is 75.7 Å². The Morgan fingerprint density at radius 3 is 2.20 bits per heavy atom. The zero-order chi connectivity index (χ0) is 30.4. The molecule has 9 heteroatoms. The van der Waals surface area contributed by atoms with E-state index in [-0.39, 0.29) is 47.3 Å². The Bertz CT molecular complexity index is 1150. The van der Waals surface area contributed by atoms with E-state index >= 15 is 4.39 Å². The van der Waals surface area contributed by atoms with Crippen molar-refractivity contribution < 1.29 is 23.2 Å². The van der Waals surface area contributed by atoms with Crippen LogP contribution in [0.2, 0.25) is 0 Å². The molecule has 1 aromatic rings. The van der Waals surface area contributed by atoms with E-state index in [1.807, 2.05) is 39.5 Å².